The Morgan fingerprint density at radius 3 is 2.29 bits per heavy atom. The van der Waals surface area contributed by atoms with Crippen LogP contribution < -0.4 is 19.7 Å². The number of nitrogens with one attached hydrogen (secondary N) is 1. The fourth-order valence-corrected chi connectivity index (χ4v) is 5.20. The van der Waals surface area contributed by atoms with E-state index in [9.17, 15) is 8.42 Å². The molecule has 0 spiro atoms. The van der Waals surface area contributed by atoms with Crippen LogP contribution in [0, 0.1) is 0 Å². The van der Waals surface area contributed by atoms with E-state index in [0.717, 1.165) is 43.0 Å². The van der Waals surface area contributed by atoms with E-state index >= 15 is 0 Å². The number of hydrogen-bond acceptors (Lipinski definition) is 8. The lowest BCUT2D eigenvalue weighted by Crippen LogP contribution is -2.43. The predicted octanol–water partition coefficient (Wildman–Crippen LogP) is 3.63. The number of aromatic nitrogens is 1. The van der Waals surface area contributed by atoms with Gasteiger partial charge < -0.3 is 24.1 Å². The molecule has 190 valence electrons. The molecular weight excluding hydrogens is 468 g/mol. The quantitative estimate of drug-likeness (QED) is 0.449. The van der Waals surface area contributed by atoms with Gasteiger partial charge in [0.2, 0.25) is 10.0 Å². The molecule has 10 heteroatoms. The van der Waals surface area contributed by atoms with Crippen LogP contribution in [0.4, 0.5) is 6.01 Å². The minimum atomic E-state index is -3.57. The molecule has 9 nitrogen and oxygen atoms in total. The smallest absolute Gasteiger partial charge is 0.298 e. The van der Waals surface area contributed by atoms with Gasteiger partial charge in [0, 0.05) is 32.7 Å². The lowest BCUT2D eigenvalue weighted by Gasteiger charge is -2.33. The number of sulfonamides is 1. The molecule has 1 saturated heterocycles. The van der Waals surface area contributed by atoms with E-state index in [-0.39, 0.29) is 10.9 Å². The maximum atomic E-state index is 12.6. The molecule has 0 saturated carbocycles. The zero-order chi connectivity index (χ0) is 25.0. The Labute approximate surface area is 207 Å². The van der Waals surface area contributed by atoms with Gasteiger partial charge in [-0.1, -0.05) is 0 Å². The van der Waals surface area contributed by atoms with Crippen molar-refractivity contribution >= 4 is 27.1 Å². The minimum absolute atomic E-state index is 0.189. The molecule has 2 heterocycles. The highest BCUT2D eigenvalue weighted by atomic mass is 32.2. The average Bonchev–Trinajstić information content (AvgIpc) is 3.26. The van der Waals surface area contributed by atoms with Crippen molar-refractivity contribution in [3.05, 3.63) is 42.0 Å². The van der Waals surface area contributed by atoms with Crippen molar-refractivity contribution in [3.63, 3.8) is 0 Å². The van der Waals surface area contributed by atoms with E-state index < -0.39 is 10.0 Å². The van der Waals surface area contributed by atoms with Crippen molar-refractivity contribution in [2.24, 2.45) is 0 Å². The van der Waals surface area contributed by atoms with Crippen molar-refractivity contribution in [2.75, 3.05) is 45.3 Å². The van der Waals surface area contributed by atoms with E-state index in [2.05, 4.69) is 10.2 Å². The maximum Gasteiger partial charge on any atom is 0.298 e. The third kappa shape index (κ3) is 5.71. The maximum absolute atomic E-state index is 12.6. The monoisotopic (exact) mass is 502 g/mol. The van der Waals surface area contributed by atoms with Crippen LogP contribution in [-0.4, -0.2) is 64.1 Å². The Morgan fingerprint density at radius 2 is 1.69 bits per heavy atom. The molecule has 35 heavy (non-hydrogen) atoms. The van der Waals surface area contributed by atoms with Crippen LogP contribution in [-0.2, 0) is 16.6 Å². The number of piperidine rings is 1. The lowest BCUT2D eigenvalue weighted by molar-refractivity contribution is 0.322. The summed E-state index contributed by atoms with van der Waals surface area (Å²) in [6.07, 6.45) is 1.89. The highest BCUT2D eigenvalue weighted by Gasteiger charge is 2.27. The van der Waals surface area contributed by atoms with Gasteiger partial charge in [-0.05, 0) is 75.7 Å². The molecule has 0 unspecified atom stereocenters. The molecular formula is C25H34N4O5S. The van der Waals surface area contributed by atoms with Gasteiger partial charge in [-0.2, -0.15) is 4.98 Å². The second-order valence-corrected chi connectivity index (χ2v) is 10.9. The lowest BCUT2D eigenvalue weighted by atomic mass is 10.0. The first kappa shape index (κ1) is 25.3. The van der Waals surface area contributed by atoms with Crippen LogP contribution in [0.2, 0.25) is 0 Å². The first-order valence-corrected chi connectivity index (χ1v) is 13.5. The van der Waals surface area contributed by atoms with Crippen LogP contribution in [0.5, 0.6) is 11.5 Å². The largest absolute Gasteiger partial charge is 0.494 e. The Kier molecular flexibility index (Phi) is 7.83. The number of benzene rings is 2. The van der Waals surface area contributed by atoms with E-state index in [1.165, 1.54) is 18.4 Å². The summed E-state index contributed by atoms with van der Waals surface area (Å²) in [7, 11) is -0.540. The van der Waals surface area contributed by atoms with Crippen LogP contribution in [0.15, 0.2) is 45.7 Å². The second-order valence-electron chi connectivity index (χ2n) is 8.70. The highest BCUT2D eigenvalue weighted by molar-refractivity contribution is 7.89. The average molecular weight is 503 g/mol. The number of nitrogens with zero attached hydrogens (tertiary/aromatic N) is 3. The van der Waals surface area contributed by atoms with Crippen molar-refractivity contribution in [1.29, 1.82) is 0 Å². The number of anilines is 1. The van der Waals surface area contributed by atoms with Crippen LogP contribution >= 0.6 is 0 Å². The van der Waals surface area contributed by atoms with Crippen LogP contribution in [0.3, 0.4) is 0 Å². The number of ether oxygens (including phenoxy) is 2. The fraction of sp³-hybridized carbons (Fsp3) is 0.480. The molecule has 1 N–H and O–H groups in total. The van der Waals surface area contributed by atoms with Gasteiger partial charge in [0.15, 0.2) is 5.58 Å². The van der Waals surface area contributed by atoms with Crippen LogP contribution in [0.1, 0.15) is 32.3 Å². The summed E-state index contributed by atoms with van der Waals surface area (Å²) in [6.45, 7) is 7.43. The summed E-state index contributed by atoms with van der Waals surface area (Å²) in [5.41, 5.74) is 2.09. The summed E-state index contributed by atoms with van der Waals surface area (Å²) in [5, 5.41) is 3.41. The molecule has 3 aromatic rings. The van der Waals surface area contributed by atoms with Gasteiger partial charge in [-0.15, -0.1) is 0 Å². The van der Waals surface area contributed by atoms with Gasteiger partial charge in [-0.25, -0.2) is 12.7 Å². The Hall–Kier alpha value is -2.82. The first-order valence-electron chi connectivity index (χ1n) is 12.0. The van der Waals surface area contributed by atoms with Gasteiger partial charge in [0.25, 0.3) is 6.01 Å². The molecule has 0 radical (unpaired) electrons. The topological polar surface area (TPSA) is 97.1 Å². The standard InChI is InChI=1S/C25H34N4O5S/c1-5-32-20-13-18(14-21(15-20)33-6-2)17-29(19-9-11-26-12-10-19)25-27-23-16-22(7-8-24(23)34-25)35(30,31)28(3)4/h7-8,13-16,19,26H,5-6,9-12,17H2,1-4H3. The summed E-state index contributed by atoms with van der Waals surface area (Å²) < 4.78 is 44.1. The molecule has 1 fully saturated rings. The molecule has 4 rings (SSSR count). The number of rotatable bonds is 10. The molecule has 0 bridgehead atoms. The number of oxazole rings is 1. The van der Waals surface area contributed by atoms with Crippen molar-refractivity contribution in [2.45, 2.75) is 44.2 Å². The zero-order valence-corrected chi connectivity index (χ0v) is 21.6. The summed E-state index contributed by atoms with van der Waals surface area (Å²) in [4.78, 5) is 7.09. The molecule has 1 aliphatic rings. The Bertz CT molecular complexity index is 1230. The van der Waals surface area contributed by atoms with Gasteiger partial charge >= 0.3 is 0 Å². The number of fused-ring (bicyclic) bond motifs is 1. The molecule has 0 amide bonds. The third-order valence-electron chi connectivity index (χ3n) is 6.04. The van der Waals surface area contributed by atoms with E-state index in [4.69, 9.17) is 18.9 Å². The summed E-state index contributed by atoms with van der Waals surface area (Å²) in [5.74, 6) is 1.52. The van der Waals surface area contributed by atoms with E-state index in [0.29, 0.717) is 36.9 Å². The molecule has 0 aliphatic carbocycles. The van der Waals surface area contributed by atoms with Crippen molar-refractivity contribution < 1.29 is 22.3 Å². The predicted molar refractivity (Wildman–Crippen MR) is 136 cm³/mol. The van der Waals surface area contributed by atoms with Gasteiger partial charge in [-0.3, -0.25) is 0 Å². The van der Waals surface area contributed by atoms with Crippen molar-refractivity contribution in [1.82, 2.24) is 14.6 Å². The second kappa shape index (κ2) is 10.8. The first-order chi connectivity index (χ1) is 16.8. The van der Waals surface area contributed by atoms with Gasteiger partial charge in [0.05, 0.1) is 18.1 Å². The SMILES string of the molecule is CCOc1cc(CN(c2nc3cc(S(=O)(=O)N(C)C)ccc3o2)C2CCNCC2)cc(OCC)c1. The van der Waals surface area contributed by atoms with E-state index in [1.54, 1.807) is 18.2 Å². The molecule has 1 aliphatic heterocycles. The molecule has 0 atom stereocenters. The van der Waals surface area contributed by atoms with Crippen LogP contribution in [0.25, 0.3) is 11.1 Å². The fourth-order valence-electron chi connectivity index (χ4n) is 4.28. The Balaban J connectivity index is 1.72. The Morgan fingerprint density at radius 1 is 1.03 bits per heavy atom. The summed E-state index contributed by atoms with van der Waals surface area (Å²) in [6, 6.07) is 11.4. The highest BCUT2D eigenvalue weighted by Crippen LogP contribution is 2.31. The van der Waals surface area contributed by atoms with Gasteiger partial charge in [0.1, 0.15) is 17.0 Å². The summed E-state index contributed by atoms with van der Waals surface area (Å²) >= 11 is 0. The molecule has 1 aromatic heterocycles. The third-order valence-corrected chi connectivity index (χ3v) is 7.85. The normalized spacial score (nSPS) is 15.0. The van der Waals surface area contributed by atoms with Crippen molar-refractivity contribution in [3.8, 4) is 11.5 Å². The number of hydrogen-bond donors (Lipinski definition) is 1. The zero-order valence-electron chi connectivity index (χ0n) is 20.8. The van der Waals surface area contributed by atoms with E-state index in [1.807, 2.05) is 32.0 Å². The minimum Gasteiger partial charge on any atom is -0.494 e. The molecule has 2 aromatic carbocycles.